The van der Waals surface area contributed by atoms with Crippen LogP contribution in [0.15, 0.2) is 42.7 Å². The molecule has 0 amide bonds. The molecule has 164 valence electrons. The molecular formula is C24H26ClN7. The number of nitrogens with one attached hydrogen (secondary N) is 1. The topological polar surface area (TPSA) is 94.5 Å². The molecular weight excluding hydrogens is 422 g/mol. The minimum atomic E-state index is 0.370. The van der Waals surface area contributed by atoms with Gasteiger partial charge in [0, 0.05) is 36.9 Å². The highest BCUT2D eigenvalue weighted by Crippen LogP contribution is 2.35. The van der Waals surface area contributed by atoms with Crippen LogP contribution >= 0.6 is 11.6 Å². The summed E-state index contributed by atoms with van der Waals surface area (Å²) in [7, 11) is 1.87. The van der Waals surface area contributed by atoms with E-state index >= 15 is 0 Å². The fraction of sp³-hybridized carbons (Fsp3) is 0.333. The number of benzene rings is 1. The Labute approximate surface area is 192 Å². The zero-order chi connectivity index (χ0) is 22.1. The van der Waals surface area contributed by atoms with Crippen molar-refractivity contribution in [3.63, 3.8) is 0 Å². The zero-order valence-electron chi connectivity index (χ0n) is 18.1. The lowest BCUT2D eigenvalue weighted by atomic mass is 10.0. The number of hydrogen-bond donors (Lipinski definition) is 2. The van der Waals surface area contributed by atoms with E-state index in [0.717, 1.165) is 35.3 Å². The summed E-state index contributed by atoms with van der Waals surface area (Å²) in [6.45, 7) is 0.828. The maximum absolute atomic E-state index is 6.57. The van der Waals surface area contributed by atoms with Gasteiger partial charge in [-0.15, -0.1) is 0 Å². The van der Waals surface area contributed by atoms with Crippen LogP contribution in [0.3, 0.4) is 0 Å². The van der Waals surface area contributed by atoms with Crippen LogP contribution in [0.25, 0.3) is 33.5 Å². The van der Waals surface area contributed by atoms with E-state index in [2.05, 4.69) is 15.4 Å². The van der Waals surface area contributed by atoms with E-state index < -0.39 is 0 Å². The van der Waals surface area contributed by atoms with E-state index in [1.54, 1.807) is 10.9 Å². The molecule has 8 heteroatoms. The Morgan fingerprint density at radius 1 is 1.16 bits per heavy atom. The van der Waals surface area contributed by atoms with Crippen LogP contribution in [0.4, 0.5) is 11.6 Å². The molecule has 7 nitrogen and oxygen atoms in total. The van der Waals surface area contributed by atoms with Gasteiger partial charge < -0.3 is 11.1 Å². The average Bonchev–Trinajstić information content (AvgIpc) is 3.46. The van der Waals surface area contributed by atoms with Crippen LogP contribution < -0.4 is 11.1 Å². The standard InChI is InChI=1S/C24H26ClN7/c1-32-12-9-19(31-32)22-21(17-13-16-7-4-10-27-20(16)18(25)14-17)30-24(23(26)29-22)28-11-8-15-5-2-3-6-15/h4,7,9-10,12-15H,2-3,5-6,8,11H2,1H3,(H2,26,29)(H,28,30). The summed E-state index contributed by atoms with van der Waals surface area (Å²) in [5, 5.41) is 9.46. The molecule has 0 bridgehead atoms. The smallest absolute Gasteiger partial charge is 0.169 e. The number of rotatable bonds is 6. The van der Waals surface area contributed by atoms with Crippen molar-refractivity contribution >= 4 is 34.1 Å². The van der Waals surface area contributed by atoms with Crippen molar-refractivity contribution in [3.8, 4) is 22.6 Å². The first kappa shape index (κ1) is 20.7. The van der Waals surface area contributed by atoms with Gasteiger partial charge in [-0.2, -0.15) is 5.10 Å². The van der Waals surface area contributed by atoms with Gasteiger partial charge in [0.2, 0.25) is 0 Å². The summed E-state index contributed by atoms with van der Waals surface area (Å²) in [4.78, 5) is 14.0. The van der Waals surface area contributed by atoms with E-state index in [1.165, 1.54) is 25.7 Å². The van der Waals surface area contributed by atoms with Gasteiger partial charge in [0.15, 0.2) is 11.6 Å². The third-order valence-corrected chi connectivity index (χ3v) is 6.42. The van der Waals surface area contributed by atoms with Crippen LogP contribution in [-0.4, -0.2) is 31.3 Å². The minimum Gasteiger partial charge on any atom is -0.381 e. The van der Waals surface area contributed by atoms with Crippen LogP contribution in [-0.2, 0) is 7.05 Å². The van der Waals surface area contributed by atoms with Crippen molar-refractivity contribution < 1.29 is 0 Å². The third-order valence-electron chi connectivity index (χ3n) is 6.13. The Kier molecular flexibility index (Phi) is 5.66. The SMILES string of the molecule is Cn1ccc(-c2nc(N)c(NCCC3CCCC3)nc2-c2cc(Cl)c3ncccc3c2)n1. The van der Waals surface area contributed by atoms with Gasteiger partial charge in [0.05, 0.1) is 10.5 Å². The molecule has 0 unspecified atom stereocenters. The Balaban J connectivity index is 1.56. The highest BCUT2D eigenvalue weighted by atomic mass is 35.5. The van der Waals surface area contributed by atoms with Gasteiger partial charge in [0.1, 0.15) is 17.1 Å². The summed E-state index contributed by atoms with van der Waals surface area (Å²) in [5.74, 6) is 1.75. The zero-order valence-corrected chi connectivity index (χ0v) is 18.8. The van der Waals surface area contributed by atoms with Crippen molar-refractivity contribution in [2.24, 2.45) is 13.0 Å². The van der Waals surface area contributed by atoms with Crippen molar-refractivity contribution in [1.82, 2.24) is 24.7 Å². The predicted molar refractivity (Wildman–Crippen MR) is 129 cm³/mol. The lowest BCUT2D eigenvalue weighted by Crippen LogP contribution is -2.12. The van der Waals surface area contributed by atoms with Crippen molar-refractivity contribution in [1.29, 1.82) is 0 Å². The molecule has 1 aliphatic rings. The van der Waals surface area contributed by atoms with Gasteiger partial charge in [-0.05, 0) is 36.6 Å². The summed E-state index contributed by atoms with van der Waals surface area (Å²) in [6.07, 6.45) is 10.0. The summed E-state index contributed by atoms with van der Waals surface area (Å²) >= 11 is 6.57. The van der Waals surface area contributed by atoms with E-state index in [9.17, 15) is 0 Å². The highest BCUT2D eigenvalue weighted by molar-refractivity contribution is 6.35. The maximum Gasteiger partial charge on any atom is 0.169 e. The molecule has 1 aliphatic carbocycles. The molecule has 3 aromatic heterocycles. The number of nitrogens with two attached hydrogens (primary N) is 1. The monoisotopic (exact) mass is 447 g/mol. The van der Waals surface area contributed by atoms with E-state index in [0.29, 0.717) is 33.7 Å². The number of fused-ring (bicyclic) bond motifs is 1. The molecule has 0 aliphatic heterocycles. The number of pyridine rings is 1. The number of aromatic nitrogens is 5. The second kappa shape index (κ2) is 8.74. The Morgan fingerprint density at radius 2 is 2.00 bits per heavy atom. The molecule has 1 saturated carbocycles. The molecule has 1 fully saturated rings. The normalized spacial score (nSPS) is 14.3. The fourth-order valence-electron chi connectivity index (χ4n) is 4.48. The lowest BCUT2D eigenvalue weighted by molar-refractivity contribution is 0.518. The van der Waals surface area contributed by atoms with E-state index in [1.807, 2.05) is 43.6 Å². The van der Waals surface area contributed by atoms with Crippen LogP contribution in [0, 0.1) is 5.92 Å². The Hall–Kier alpha value is -3.19. The van der Waals surface area contributed by atoms with Crippen LogP contribution in [0.5, 0.6) is 0 Å². The molecule has 3 N–H and O–H groups in total. The molecule has 32 heavy (non-hydrogen) atoms. The molecule has 0 atom stereocenters. The maximum atomic E-state index is 6.57. The Bertz CT molecular complexity index is 1260. The van der Waals surface area contributed by atoms with Crippen molar-refractivity contribution in [3.05, 3.63) is 47.7 Å². The van der Waals surface area contributed by atoms with Crippen LogP contribution in [0.1, 0.15) is 32.1 Å². The number of anilines is 2. The molecule has 0 spiro atoms. The summed E-state index contributed by atoms with van der Waals surface area (Å²) in [6, 6.07) is 9.70. The van der Waals surface area contributed by atoms with Gasteiger partial charge in [-0.1, -0.05) is 43.4 Å². The quantitative estimate of drug-likeness (QED) is 0.415. The van der Waals surface area contributed by atoms with Gasteiger partial charge in [-0.3, -0.25) is 9.67 Å². The Morgan fingerprint density at radius 3 is 2.78 bits per heavy atom. The molecule has 1 aromatic carbocycles. The minimum absolute atomic E-state index is 0.370. The molecule has 0 saturated heterocycles. The number of aryl methyl sites for hydroxylation is 1. The third kappa shape index (κ3) is 4.12. The van der Waals surface area contributed by atoms with E-state index in [-0.39, 0.29) is 0 Å². The first-order valence-corrected chi connectivity index (χ1v) is 11.4. The molecule has 4 aromatic rings. The lowest BCUT2D eigenvalue weighted by Gasteiger charge is -2.15. The van der Waals surface area contributed by atoms with Crippen LogP contribution in [0.2, 0.25) is 5.02 Å². The second-order valence-corrected chi connectivity index (χ2v) is 8.84. The largest absolute Gasteiger partial charge is 0.381 e. The van der Waals surface area contributed by atoms with Crippen molar-refractivity contribution in [2.75, 3.05) is 17.6 Å². The van der Waals surface area contributed by atoms with E-state index in [4.69, 9.17) is 27.3 Å². The van der Waals surface area contributed by atoms with Gasteiger partial charge in [0.25, 0.3) is 0 Å². The average molecular weight is 448 g/mol. The molecule has 0 radical (unpaired) electrons. The summed E-state index contributed by atoms with van der Waals surface area (Å²) < 4.78 is 1.74. The molecule has 5 rings (SSSR count). The van der Waals surface area contributed by atoms with Gasteiger partial charge in [-0.25, -0.2) is 9.97 Å². The van der Waals surface area contributed by atoms with Crippen molar-refractivity contribution in [2.45, 2.75) is 32.1 Å². The summed E-state index contributed by atoms with van der Waals surface area (Å²) in [5.41, 5.74) is 9.96. The fourth-order valence-corrected chi connectivity index (χ4v) is 4.75. The first-order chi connectivity index (χ1) is 15.6. The second-order valence-electron chi connectivity index (χ2n) is 8.43. The first-order valence-electron chi connectivity index (χ1n) is 11.0. The molecule has 3 heterocycles. The number of nitrogens with zero attached hydrogens (tertiary/aromatic N) is 5. The predicted octanol–water partition coefficient (Wildman–Crippen LogP) is 5.32. The number of hydrogen-bond acceptors (Lipinski definition) is 6. The number of nitrogen functional groups attached to an aromatic ring is 1. The number of halogens is 1. The van der Waals surface area contributed by atoms with Gasteiger partial charge >= 0.3 is 0 Å². The highest BCUT2D eigenvalue weighted by Gasteiger charge is 2.19.